The third kappa shape index (κ3) is 4.17. The monoisotopic (exact) mass is 299 g/mol. The Morgan fingerprint density at radius 2 is 2.21 bits per heavy atom. The van der Waals surface area contributed by atoms with Gasteiger partial charge in [-0.15, -0.1) is 0 Å². The molecule has 1 N–H and O–H groups in total. The highest BCUT2D eigenvalue weighted by Crippen LogP contribution is 2.35. The lowest BCUT2D eigenvalue weighted by Gasteiger charge is -2.36. The van der Waals surface area contributed by atoms with Gasteiger partial charge in [0.2, 0.25) is 0 Å². The van der Waals surface area contributed by atoms with Crippen LogP contribution in [0.15, 0.2) is 12.3 Å². The van der Waals surface area contributed by atoms with E-state index in [9.17, 15) is 0 Å². The molecule has 0 amide bonds. The summed E-state index contributed by atoms with van der Waals surface area (Å²) in [4.78, 5) is 0. The number of likely N-dealkylation sites (N-methyl/N-ethyl adjacent to an activating group) is 1. The fourth-order valence-electron chi connectivity index (χ4n) is 2.68. The van der Waals surface area contributed by atoms with E-state index in [2.05, 4.69) is 53.9 Å². The second-order valence-corrected chi connectivity index (χ2v) is 7.63. The fourth-order valence-corrected chi connectivity index (χ4v) is 5.94. The SMILES string of the molecule is CCNC(Cc1ccn(C)n1)C1SCCSC1CC. The third-order valence-corrected chi connectivity index (χ3v) is 6.96. The average Bonchev–Trinajstić information content (AvgIpc) is 2.84. The highest BCUT2D eigenvalue weighted by Gasteiger charge is 2.31. The lowest BCUT2D eigenvalue weighted by Crippen LogP contribution is -2.46. The minimum atomic E-state index is 0.544. The van der Waals surface area contributed by atoms with Crippen LogP contribution in [0.5, 0.6) is 0 Å². The smallest absolute Gasteiger partial charge is 0.0640 e. The Morgan fingerprint density at radius 3 is 2.84 bits per heavy atom. The number of hydrogen-bond acceptors (Lipinski definition) is 4. The minimum absolute atomic E-state index is 0.544. The summed E-state index contributed by atoms with van der Waals surface area (Å²) in [7, 11) is 1.99. The van der Waals surface area contributed by atoms with E-state index in [4.69, 9.17) is 0 Å². The van der Waals surface area contributed by atoms with Gasteiger partial charge < -0.3 is 5.32 Å². The van der Waals surface area contributed by atoms with E-state index in [0.717, 1.165) is 18.2 Å². The summed E-state index contributed by atoms with van der Waals surface area (Å²) in [5.41, 5.74) is 1.21. The molecule has 0 spiro atoms. The minimum Gasteiger partial charge on any atom is -0.313 e. The van der Waals surface area contributed by atoms with Gasteiger partial charge in [-0.3, -0.25) is 4.68 Å². The van der Waals surface area contributed by atoms with Crippen molar-refractivity contribution in [3.63, 3.8) is 0 Å². The first-order chi connectivity index (χ1) is 9.24. The van der Waals surface area contributed by atoms with Crippen molar-refractivity contribution in [3.05, 3.63) is 18.0 Å². The van der Waals surface area contributed by atoms with Crippen LogP contribution in [-0.2, 0) is 13.5 Å². The van der Waals surface area contributed by atoms with E-state index >= 15 is 0 Å². The summed E-state index contributed by atoms with van der Waals surface area (Å²) in [5, 5.41) is 9.73. The number of nitrogens with zero attached hydrogens (tertiary/aromatic N) is 2. The molecule has 108 valence electrons. The molecule has 19 heavy (non-hydrogen) atoms. The maximum absolute atomic E-state index is 4.54. The van der Waals surface area contributed by atoms with E-state index < -0.39 is 0 Å². The van der Waals surface area contributed by atoms with Gasteiger partial charge in [-0.1, -0.05) is 13.8 Å². The van der Waals surface area contributed by atoms with Gasteiger partial charge in [-0.05, 0) is 19.0 Å². The molecule has 1 saturated heterocycles. The Labute approximate surface area is 125 Å². The first kappa shape index (κ1) is 15.3. The number of thioether (sulfide) groups is 2. The lowest BCUT2D eigenvalue weighted by atomic mass is 10.0. The summed E-state index contributed by atoms with van der Waals surface area (Å²) in [6.07, 6.45) is 4.36. The fraction of sp³-hybridized carbons (Fsp3) is 0.786. The van der Waals surface area contributed by atoms with E-state index in [1.807, 2.05) is 17.9 Å². The van der Waals surface area contributed by atoms with Gasteiger partial charge in [-0.2, -0.15) is 28.6 Å². The molecule has 3 unspecified atom stereocenters. The largest absolute Gasteiger partial charge is 0.313 e. The van der Waals surface area contributed by atoms with Crippen molar-refractivity contribution in [2.75, 3.05) is 18.1 Å². The van der Waals surface area contributed by atoms with Gasteiger partial charge in [0.1, 0.15) is 0 Å². The number of aromatic nitrogens is 2. The molecule has 0 aromatic carbocycles. The van der Waals surface area contributed by atoms with E-state index in [0.29, 0.717) is 11.3 Å². The predicted octanol–water partition coefficient (Wildman–Crippen LogP) is 2.57. The molecule has 3 atom stereocenters. The average molecular weight is 300 g/mol. The van der Waals surface area contributed by atoms with Crippen LogP contribution in [0.2, 0.25) is 0 Å². The van der Waals surface area contributed by atoms with Crippen molar-refractivity contribution in [2.45, 2.75) is 43.2 Å². The van der Waals surface area contributed by atoms with Crippen LogP contribution in [0.4, 0.5) is 0 Å². The Morgan fingerprint density at radius 1 is 1.42 bits per heavy atom. The van der Waals surface area contributed by atoms with Gasteiger partial charge in [0.05, 0.1) is 5.69 Å². The van der Waals surface area contributed by atoms with Gasteiger partial charge in [0.15, 0.2) is 0 Å². The Kier molecular flexibility index (Phi) is 6.10. The van der Waals surface area contributed by atoms with E-state index in [1.54, 1.807) is 0 Å². The van der Waals surface area contributed by atoms with Gasteiger partial charge in [-0.25, -0.2) is 0 Å². The number of hydrogen-bond donors (Lipinski definition) is 1. The van der Waals surface area contributed by atoms with Gasteiger partial charge >= 0.3 is 0 Å². The van der Waals surface area contributed by atoms with Crippen LogP contribution in [0.3, 0.4) is 0 Å². The molecule has 1 aromatic heterocycles. The maximum Gasteiger partial charge on any atom is 0.0640 e. The number of rotatable bonds is 6. The molecule has 2 rings (SSSR count). The van der Waals surface area contributed by atoms with Crippen molar-refractivity contribution in [1.82, 2.24) is 15.1 Å². The van der Waals surface area contributed by atoms with Gasteiger partial charge in [0.25, 0.3) is 0 Å². The third-order valence-electron chi connectivity index (χ3n) is 3.56. The Balaban J connectivity index is 2.05. The molecule has 0 aliphatic carbocycles. The van der Waals surface area contributed by atoms with E-state index in [-0.39, 0.29) is 0 Å². The zero-order valence-corrected chi connectivity index (χ0v) is 13.8. The number of nitrogens with one attached hydrogen (secondary N) is 1. The first-order valence-electron chi connectivity index (χ1n) is 7.19. The van der Waals surface area contributed by atoms with Crippen LogP contribution in [-0.4, -0.2) is 44.4 Å². The Bertz CT molecular complexity index is 381. The van der Waals surface area contributed by atoms with Crippen LogP contribution in [0, 0.1) is 0 Å². The molecule has 3 nitrogen and oxygen atoms in total. The topological polar surface area (TPSA) is 29.9 Å². The summed E-state index contributed by atoms with van der Waals surface area (Å²) in [6, 6.07) is 2.69. The summed E-state index contributed by atoms with van der Waals surface area (Å²) >= 11 is 4.31. The maximum atomic E-state index is 4.54. The van der Waals surface area contributed by atoms with Crippen molar-refractivity contribution in [1.29, 1.82) is 0 Å². The number of aryl methyl sites for hydroxylation is 1. The predicted molar refractivity (Wildman–Crippen MR) is 87.2 cm³/mol. The zero-order chi connectivity index (χ0) is 13.7. The van der Waals surface area contributed by atoms with Crippen molar-refractivity contribution in [2.24, 2.45) is 7.05 Å². The van der Waals surface area contributed by atoms with Crippen molar-refractivity contribution in [3.8, 4) is 0 Å². The molecule has 0 bridgehead atoms. The molecule has 5 heteroatoms. The normalized spacial score (nSPS) is 25.4. The first-order valence-corrected chi connectivity index (χ1v) is 9.29. The van der Waals surface area contributed by atoms with Crippen LogP contribution in [0.1, 0.15) is 26.0 Å². The molecule has 1 aliphatic rings. The van der Waals surface area contributed by atoms with E-state index in [1.165, 1.54) is 23.6 Å². The quantitative estimate of drug-likeness (QED) is 0.874. The lowest BCUT2D eigenvalue weighted by molar-refractivity contribution is 0.484. The highest BCUT2D eigenvalue weighted by molar-refractivity contribution is 8.07. The zero-order valence-electron chi connectivity index (χ0n) is 12.1. The molecule has 0 saturated carbocycles. The molecular weight excluding hydrogens is 274 g/mol. The van der Waals surface area contributed by atoms with Gasteiger partial charge in [0, 0.05) is 47.7 Å². The van der Waals surface area contributed by atoms with Crippen LogP contribution < -0.4 is 5.32 Å². The summed E-state index contributed by atoms with van der Waals surface area (Å²) in [5.74, 6) is 2.60. The molecule has 1 aliphatic heterocycles. The second-order valence-electron chi connectivity index (χ2n) is 5.00. The Hall–Kier alpha value is -0.130. The molecule has 0 radical (unpaired) electrons. The standard InChI is InChI=1S/C14H25N3S2/c1-4-13-14(19-9-8-18-13)12(15-5-2)10-11-6-7-17(3)16-11/h6-7,12-15H,4-5,8-10H2,1-3H3. The van der Waals surface area contributed by atoms with Crippen LogP contribution >= 0.6 is 23.5 Å². The summed E-state index contributed by atoms with van der Waals surface area (Å²) in [6.45, 7) is 5.56. The molecule has 1 aromatic rings. The van der Waals surface area contributed by atoms with Crippen molar-refractivity contribution < 1.29 is 0 Å². The molecule has 2 heterocycles. The van der Waals surface area contributed by atoms with Crippen molar-refractivity contribution >= 4 is 23.5 Å². The molecule has 1 fully saturated rings. The second kappa shape index (κ2) is 7.60. The summed E-state index contributed by atoms with van der Waals surface area (Å²) < 4.78 is 1.90. The highest BCUT2D eigenvalue weighted by atomic mass is 32.2. The van der Waals surface area contributed by atoms with Crippen LogP contribution in [0.25, 0.3) is 0 Å². The molecular formula is C14H25N3S2.